The summed E-state index contributed by atoms with van der Waals surface area (Å²) in [4.78, 5) is 27.7. The SMILES string of the molecule is Cc1ccc(C)c(NC(=O)C[NH+](C)[C@H](C)C(=O)N(C)Cc2ccccc2)c1. The van der Waals surface area contributed by atoms with Crippen LogP contribution in [-0.4, -0.2) is 43.4 Å². The Morgan fingerprint density at radius 1 is 1.11 bits per heavy atom. The van der Waals surface area contributed by atoms with Gasteiger partial charge in [0.15, 0.2) is 12.6 Å². The van der Waals surface area contributed by atoms with Crippen LogP contribution in [0.2, 0.25) is 0 Å². The standard InChI is InChI=1S/C22H29N3O2/c1-16-11-12-17(2)20(13-16)23-21(26)15-24(4)18(3)22(27)25(5)14-19-9-7-6-8-10-19/h6-13,18H,14-15H2,1-5H3,(H,23,26)/p+1/t18-/m1/s1. The highest BCUT2D eigenvalue weighted by Gasteiger charge is 2.26. The average Bonchev–Trinajstić information content (AvgIpc) is 2.64. The van der Waals surface area contributed by atoms with Gasteiger partial charge in [0.25, 0.3) is 11.8 Å². The first-order valence-corrected chi connectivity index (χ1v) is 9.26. The van der Waals surface area contributed by atoms with Gasteiger partial charge in [0.05, 0.1) is 7.05 Å². The van der Waals surface area contributed by atoms with Crippen molar-refractivity contribution >= 4 is 17.5 Å². The van der Waals surface area contributed by atoms with Crippen LogP contribution in [0.3, 0.4) is 0 Å². The molecule has 0 aliphatic carbocycles. The van der Waals surface area contributed by atoms with Crippen molar-refractivity contribution in [2.45, 2.75) is 33.4 Å². The first-order chi connectivity index (χ1) is 12.8. The van der Waals surface area contributed by atoms with Crippen LogP contribution in [0.15, 0.2) is 48.5 Å². The molecule has 2 aromatic carbocycles. The molecule has 27 heavy (non-hydrogen) atoms. The predicted octanol–water partition coefficient (Wildman–Crippen LogP) is 1.80. The number of nitrogens with one attached hydrogen (secondary N) is 2. The van der Waals surface area contributed by atoms with Crippen LogP contribution in [0.1, 0.15) is 23.6 Å². The first-order valence-electron chi connectivity index (χ1n) is 9.26. The van der Waals surface area contributed by atoms with E-state index in [9.17, 15) is 9.59 Å². The lowest BCUT2D eigenvalue weighted by Gasteiger charge is -2.25. The Kier molecular flexibility index (Phi) is 7.13. The number of benzene rings is 2. The molecule has 2 N–H and O–H groups in total. The number of amides is 2. The third-order valence-electron chi connectivity index (χ3n) is 4.85. The molecule has 0 heterocycles. The number of nitrogens with zero attached hydrogens (tertiary/aromatic N) is 1. The highest BCUT2D eigenvalue weighted by molar-refractivity contribution is 5.92. The molecule has 144 valence electrons. The minimum atomic E-state index is -0.303. The normalized spacial score (nSPS) is 12.9. The number of likely N-dealkylation sites (N-methyl/N-ethyl adjacent to an activating group) is 2. The fraction of sp³-hybridized carbons (Fsp3) is 0.364. The van der Waals surface area contributed by atoms with Gasteiger partial charge in [0, 0.05) is 19.3 Å². The van der Waals surface area contributed by atoms with Crippen LogP contribution in [0.25, 0.3) is 0 Å². The molecule has 0 aliphatic heterocycles. The van der Waals surface area contributed by atoms with Crippen molar-refractivity contribution in [1.82, 2.24) is 4.90 Å². The maximum Gasteiger partial charge on any atom is 0.280 e. The maximum atomic E-state index is 12.7. The molecule has 1 unspecified atom stereocenters. The summed E-state index contributed by atoms with van der Waals surface area (Å²) in [5.74, 6) is -0.0672. The molecule has 2 atom stereocenters. The van der Waals surface area contributed by atoms with Crippen molar-refractivity contribution in [2.24, 2.45) is 0 Å². The summed E-state index contributed by atoms with van der Waals surface area (Å²) in [6.45, 7) is 6.63. The largest absolute Gasteiger partial charge is 0.336 e. The van der Waals surface area contributed by atoms with Gasteiger partial charge in [-0.3, -0.25) is 9.59 Å². The van der Waals surface area contributed by atoms with E-state index < -0.39 is 0 Å². The van der Waals surface area contributed by atoms with Crippen molar-refractivity contribution in [1.29, 1.82) is 0 Å². The van der Waals surface area contributed by atoms with Crippen molar-refractivity contribution in [3.8, 4) is 0 Å². The fourth-order valence-electron chi connectivity index (χ4n) is 2.95. The second kappa shape index (κ2) is 9.33. The number of aryl methyl sites for hydroxylation is 2. The average molecular weight is 369 g/mol. The minimum Gasteiger partial charge on any atom is -0.336 e. The molecule has 2 aromatic rings. The lowest BCUT2D eigenvalue weighted by Crippen LogP contribution is -3.15. The number of carbonyl (C=O) groups excluding carboxylic acids is 2. The van der Waals surface area contributed by atoms with E-state index in [2.05, 4.69) is 5.32 Å². The van der Waals surface area contributed by atoms with E-state index in [0.29, 0.717) is 6.54 Å². The van der Waals surface area contributed by atoms with E-state index in [1.165, 1.54) is 0 Å². The summed E-state index contributed by atoms with van der Waals surface area (Å²) in [7, 11) is 3.68. The molecule has 5 heteroatoms. The molecular formula is C22H30N3O2+. The summed E-state index contributed by atoms with van der Waals surface area (Å²) in [6.07, 6.45) is 0. The van der Waals surface area contributed by atoms with E-state index in [0.717, 1.165) is 27.3 Å². The van der Waals surface area contributed by atoms with E-state index in [1.807, 2.05) is 76.3 Å². The van der Waals surface area contributed by atoms with E-state index in [1.54, 1.807) is 11.9 Å². The summed E-state index contributed by atoms with van der Waals surface area (Å²) < 4.78 is 0. The van der Waals surface area contributed by atoms with Gasteiger partial charge in [-0.15, -0.1) is 0 Å². The number of anilines is 1. The summed E-state index contributed by atoms with van der Waals surface area (Å²) >= 11 is 0. The Morgan fingerprint density at radius 2 is 1.78 bits per heavy atom. The van der Waals surface area contributed by atoms with Crippen LogP contribution in [0, 0.1) is 13.8 Å². The quantitative estimate of drug-likeness (QED) is 0.783. The third kappa shape index (κ3) is 5.93. The van der Waals surface area contributed by atoms with Gasteiger partial charge in [0.2, 0.25) is 0 Å². The third-order valence-corrected chi connectivity index (χ3v) is 4.85. The van der Waals surface area contributed by atoms with Crippen LogP contribution >= 0.6 is 0 Å². The van der Waals surface area contributed by atoms with Gasteiger partial charge in [-0.2, -0.15) is 0 Å². The van der Waals surface area contributed by atoms with E-state index in [-0.39, 0.29) is 24.4 Å². The number of quaternary nitrogens is 1. The zero-order valence-electron chi connectivity index (χ0n) is 16.9. The maximum absolute atomic E-state index is 12.7. The summed E-state index contributed by atoms with van der Waals surface area (Å²) in [5, 5.41) is 2.96. The van der Waals surface area contributed by atoms with E-state index in [4.69, 9.17) is 0 Å². The second-order valence-corrected chi connectivity index (χ2v) is 7.29. The molecule has 0 aliphatic rings. The molecule has 0 spiro atoms. The lowest BCUT2D eigenvalue weighted by atomic mass is 10.1. The van der Waals surface area contributed by atoms with Gasteiger partial charge in [0.1, 0.15) is 0 Å². The van der Waals surface area contributed by atoms with Gasteiger partial charge in [-0.1, -0.05) is 42.5 Å². The number of hydrogen-bond acceptors (Lipinski definition) is 2. The lowest BCUT2D eigenvalue weighted by molar-refractivity contribution is -0.886. The van der Waals surface area contributed by atoms with Crippen LogP contribution in [-0.2, 0) is 16.1 Å². The van der Waals surface area contributed by atoms with Crippen molar-refractivity contribution in [3.63, 3.8) is 0 Å². The van der Waals surface area contributed by atoms with Crippen LogP contribution in [0.5, 0.6) is 0 Å². The van der Waals surface area contributed by atoms with Crippen molar-refractivity contribution in [2.75, 3.05) is 26.0 Å². The highest BCUT2D eigenvalue weighted by Crippen LogP contribution is 2.15. The fourth-order valence-corrected chi connectivity index (χ4v) is 2.95. The Hall–Kier alpha value is -2.66. The molecule has 0 aromatic heterocycles. The second-order valence-electron chi connectivity index (χ2n) is 7.29. The predicted molar refractivity (Wildman–Crippen MR) is 109 cm³/mol. The van der Waals surface area contributed by atoms with Gasteiger partial charge in [-0.25, -0.2) is 0 Å². The van der Waals surface area contributed by atoms with E-state index >= 15 is 0 Å². The van der Waals surface area contributed by atoms with Crippen molar-refractivity contribution in [3.05, 3.63) is 65.2 Å². The molecule has 0 radical (unpaired) electrons. The zero-order chi connectivity index (χ0) is 20.0. The smallest absolute Gasteiger partial charge is 0.280 e. The van der Waals surface area contributed by atoms with Gasteiger partial charge < -0.3 is 15.1 Å². The molecule has 0 fully saturated rings. The molecule has 2 amide bonds. The number of rotatable bonds is 7. The molecule has 0 saturated heterocycles. The number of carbonyl (C=O) groups is 2. The Bertz CT molecular complexity index is 789. The molecule has 0 bridgehead atoms. The monoisotopic (exact) mass is 368 g/mol. The van der Waals surface area contributed by atoms with Crippen molar-refractivity contribution < 1.29 is 14.5 Å². The highest BCUT2D eigenvalue weighted by atomic mass is 16.2. The summed E-state index contributed by atoms with van der Waals surface area (Å²) in [6, 6.07) is 15.6. The topological polar surface area (TPSA) is 53.9 Å². The van der Waals surface area contributed by atoms with Gasteiger partial charge in [-0.05, 0) is 43.5 Å². The molecule has 2 rings (SSSR count). The molecule has 5 nitrogen and oxygen atoms in total. The Labute approximate surface area is 162 Å². The zero-order valence-corrected chi connectivity index (χ0v) is 16.9. The molecular weight excluding hydrogens is 338 g/mol. The van der Waals surface area contributed by atoms with Gasteiger partial charge >= 0.3 is 0 Å². The molecule has 0 saturated carbocycles. The minimum absolute atomic E-state index is 0.0240. The number of hydrogen-bond donors (Lipinski definition) is 2. The first kappa shape index (κ1) is 20.6. The Balaban J connectivity index is 1.91. The van der Waals surface area contributed by atoms with Crippen LogP contribution < -0.4 is 10.2 Å². The van der Waals surface area contributed by atoms with Crippen LogP contribution in [0.4, 0.5) is 5.69 Å². The Morgan fingerprint density at radius 3 is 2.44 bits per heavy atom. The summed E-state index contributed by atoms with van der Waals surface area (Å²) in [5.41, 5.74) is 4.04.